The molecule has 6 nitrogen and oxygen atoms in total. The molecule has 1 unspecified atom stereocenters. The number of amides is 1. The number of hydrogen-bond donors (Lipinski definition) is 1. The van der Waals surface area contributed by atoms with Crippen molar-refractivity contribution in [3.05, 3.63) is 45.7 Å². The van der Waals surface area contributed by atoms with Crippen LogP contribution in [-0.4, -0.2) is 28.3 Å². The summed E-state index contributed by atoms with van der Waals surface area (Å²) in [6, 6.07) is 7.64. The molecule has 0 saturated heterocycles. The normalized spacial score (nSPS) is 16.1. The first-order valence-corrected chi connectivity index (χ1v) is 9.95. The molecule has 1 aliphatic heterocycles. The van der Waals surface area contributed by atoms with Crippen LogP contribution in [0.25, 0.3) is 0 Å². The number of ether oxygens (including phenoxy) is 1. The van der Waals surface area contributed by atoms with E-state index in [4.69, 9.17) is 4.74 Å². The van der Waals surface area contributed by atoms with E-state index < -0.39 is 0 Å². The van der Waals surface area contributed by atoms with Gasteiger partial charge in [0.2, 0.25) is 5.91 Å². The van der Waals surface area contributed by atoms with Crippen LogP contribution in [0.5, 0.6) is 5.75 Å². The van der Waals surface area contributed by atoms with Gasteiger partial charge in [0, 0.05) is 19.4 Å². The minimum absolute atomic E-state index is 0.0981. The number of fused-ring (bicyclic) bond motifs is 1. The van der Waals surface area contributed by atoms with Gasteiger partial charge in [-0.1, -0.05) is 37.2 Å². The SMILES string of the molecule is CCCCOc1ccc(C2CC(=O)Nc3c2c(=O)nc(SC)n3C)cc1. The van der Waals surface area contributed by atoms with Crippen molar-refractivity contribution in [2.45, 2.75) is 37.3 Å². The van der Waals surface area contributed by atoms with Crippen molar-refractivity contribution in [1.29, 1.82) is 0 Å². The molecule has 2 aromatic rings. The van der Waals surface area contributed by atoms with Gasteiger partial charge < -0.3 is 14.6 Å². The first kappa shape index (κ1) is 18.5. The van der Waals surface area contributed by atoms with Crippen LogP contribution in [0, 0.1) is 0 Å². The summed E-state index contributed by atoms with van der Waals surface area (Å²) in [6.07, 6.45) is 4.18. The minimum Gasteiger partial charge on any atom is -0.494 e. The number of hydrogen-bond acceptors (Lipinski definition) is 5. The molecule has 1 N–H and O–H groups in total. The summed E-state index contributed by atoms with van der Waals surface area (Å²) in [6.45, 7) is 2.81. The Morgan fingerprint density at radius 1 is 1.31 bits per heavy atom. The fourth-order valence-corrected chi connectivity index (χ4v) is 3.67. The zero-order valence-corrected chi connectivity index (χ0v) is 16.1. The predicted octanol–water partition coefficient (Wildman–Crippen LogP) is 3.16. The Balaban J connectivity index is 1.96. The van der Waals surface area contributed by atoms with Gasteiger partial charge in [-0.15, -0.1) is 0 Å². The molecule has 26 heavy (non-hydrogen) atoms. The molecule has 0 saturated carbocycles. The van der Waals surface area contributed by atoms with Crippen molar-refractivity contribution in [2.24, 2.45) is 7.05 Å². The second-order valence-electron chi connectivity index (χ2n) is 6.30. The molecular weight excluding hydrogens is 350 g/mol. The van der Waals surface area contributed by atoms with Gasteiger partial charge in [-0.25, -0.2) is 0 Å². The smallest absolute Gasteiger partial charge is 0.279 e. The number of thioether (sulfide) groups is 1. The van der Waals surface area contributed by atoms with E-state index in [1.165, 1.54) is 11.8 Å². The first-order chi connectivity index (χ1) is 12.5. The zero-order valence-electron chi connectivity index (χ0n) is 15.2. The van der Waals surface area contributed by atoms with E-state index in [9.17, 15) is 9.59 Å². The van der Waals surface area contributed by atoms with Crippen LogP contribution in [0.3, 0.4) is 0 Å². The molecule has 0 spiro atoms. The molecule has 2 heterocycles. The van der Waals surface area contributed by atoms with Gasteiger partial charge in [0.25, 0.3) is 5.56 Å². The average Bonchev–Trinajstić information content (AvgIpc) is 2.64. The van der Waals surface area contributed by atoms with Gasteiger partial charge in [-0.2, -0.15) is 4.98 Å². The summed E-state index contributed by atoms with van der Waals surface area (Å²) in [5, 5.41) is 3.41. The van der Waals surface area contributed by atoms with Crippen molar-refractivity contribution < 1.29 is 9.53 Å². The lowest BCUT2D eigenvalue weighted by Crippen LogP contribution is -2.33. The van der Waals surface area contributed by atoms with Crippen molar-refractivity contribution >= 4 is 23.5 Å². The van der Waals surface area contributed by atoms with E-state index in [1.54, 1.807) is 4.57 Å². The van der Waals surface area contributed by atoms with Gasteiger partial charge in [0.05, 0.1) is 12.2 Å². The van der Waals surface area contributed by atoms with Crippen LogP contribution < -0.4 is 15.6 Å². The maximum atomic E-state index is 12.6. The fourth-order valence-electron chi connectivity index (χ4n) is 3.13. The van der Waals surface area contributed by atoms with Gasteiger partial charge >= 0.3 is 0 Å². The molecule has 1 aliphatic rings. The number of rotatable bonds is 6. The predicted molar refractivity (Wildman–Crippen MR) is 103 cm³/mol. The number of nitrogens with zero attached hydrogens (tertiary/aromatic N) is 2. The van der Waals surface area contributed by atoms with Crippen LogP contribution in [0.15, 0.2) is 34.2 Å². The lowest BCUT2D eigenvalue weighted by Gasteiger charge is -2.27. The number of aromatic nitrogens is 2. The summed E-state index contributed by atoms with van der Waals surface area (Å²) < 4.78 is 7.46. The maximum Gasteiger partial charge on any atom is 0.279 e. The van der Waals surface area contributed by atoms with E-state index in [-0.39, 0.29) is 23.8 Å². The minimum atomic E-state index is -0.300. The fraction of sp³-hybridized carbons (Fsp3) is 0.421. The highest BCUT2D eigenvalue weighted by atomic mass is 32.2. The second kappa shape index (κ2) is 7.95. The van der Waals surface area contributed by atoms with E-state index in [0.29, 0.717) is 23.1 Å². The topological polar surface area (TPSA) is 73.2 Å². The van der Waals surface area contributed by atoms with Crippen LogP contribution in [0.1, 0.15) is 43.2 Å². The monoisotopic (exact) mass is 373 g/mol. The second-order valence-corrected chi connectivity index (χ2v) is 7.07. The van der Waals surface area contributed by atoms with Gasteiger partial charge in [0.15, 0.2) is 5.16 Å². The summed E-state index contributed by atoms with van der Waals surface area (Å²) in [7, 11) is 1.81. The number of benzene rings is 1. The van der Waals surface area contributed by atoms with Gasteiger partial charge in [0.1, 0.15) is 11.6 Å². The van der Waals surface area contributed by atoms with Crippen molar-refractivity contribution in [1.82, 2.24) is 9.55 Å². The summed E-state index contributed by atoms with van der Waals surface area (Å²) in [5.74, 6) is 0.940. The molecule has 1 aromatic carbocycles. The lowest BCUT2D eigenvalue weighted by molar-refractivity contribution is -0.116. The number of carbonyl (C=O) groups is 1. The zero-order chi connectivity index (χ0) is 18.7. The van der Waals surface area contributed by atoms with Crippen molar-refractivity contribution in [2.75, 3.05) is 18.2 Å². The van der Waals surface area contributed by atoms with Crippen molar-refractivity contribution in [3.63, 3.8) is 0 Å². The average molecular weight is 373 g/mol. The quantitative estimate of drug-likeness (QED) is 0.478. The molecule has 0 bridgehead atoms. The number of anilines is 1. The van der Waals surface area contributed by atoms with Crippen LogP contribution in [0.4, 0.5) is 5.82 Å². The number of carbonyl (C=O) groups excluding carboxylic acids is 1. The first-order valence-electron chi connectivity index (χ1n) is 8.72. The summed E-state index contributed by atoms with van der Waals surface area (Å²) in [5.41, 5.74) is 1.18. The Morgan fingerprint density at radius 2 is 2.04 bits per heavy atom. The molecule has 0 fully saturated rings. The molecule has 0 radical (unpaired) electrons. The number of nitrogens with one attached hydrogen (secondary N) is 1. The molecule has 7 heteroatoms. The molecule has 3 rings (SSSR count). The Labute approximate surface area is 157 Å². The highest BCUT2D eigenvalue weighted by Gasteiger charge is 2.31. The molecule has 1 amide bonds. The molecule has 1 aromatic heterocycles. The van der Waals surface area contributed by atoms with E-state index in [0.717, 1.165) is 24.2 Å². The molecule has 0 aliphatic carbocycles. The summed E-state index contributed by atoms with van der Waals surface area (Å²) in [4.78, 5) is 29.0. The van der Waals surface area contributed by atoms with Crippen LogP contribution in [-0.2, 0) is 11.8 Å². The third-order valence-corrected chi connectivity index (χ3v) is 5.26. The third kappa shape index (κ3) is 3.62. The van der Waals surface area contributed by atoms with Gasteiger partial charge in [-0.05, 0) is 30.4 Å². The Hall–Kier alpha value is -2.28. The summed E-state index contributed by atoms with van der Waals surface area (Å²) >= 11 is 1.38. The van der Waals surface area contributed by atoms with E-state index in [2.05, 4.69) is 17.2 Å². The Bertz CT molecular complexity index is 862. The Kier molecular flexibility index (Phi) is 5.66. The van der Waals surface area contributed by atoms with E-state index >= 15 is 0 Å². The number of unbranched alkanes of at least 4 members (excludes halogenated alkanes) is 1. The van der Waals surface area contributed by atoms with Gasteiger partial charge in [-0.3, -0.25) is 9.59 Å². The molecule has 1 atom stereocenters. The molecular formula is C19H23N3O3S. The van der Waals surface area contributed by atoms with Crippen LogP contribution >= 0.6 is 11.8 Å². The standard InChI is InChI=1S/C19H23N3O3S/c1-4-5-10-25-13-8-6-12(7-9-13)14-11-15(23)20-17-16(14)18(24)21-19(26-3)22(17)2/h6-9,14H,4-5,10-11H2,1-3H3,(H,20,23). The largest absolute Gasteiger partial charge is 0.494 e. The Morgan fingerprint density at radius 3 is 2.69 bits per heavy atom. The maximum absolute atomic E-state index is 12.6. The molecule has 138 valence electrons. The van der Waals surface area contributed by atoms with Crippen LogP contribution in [0.2, 0.25) is 0 Å². The third-order valence-electron chi connectivity index (χ3n) is 4.53. The lowest BCUT2D eigenvalue weighted by atomic mass is 9.87. The van der Waals surface area contributed by atoms with E-state index in [1.807, 2.05) is 37.6 Å². The highest BCUT2D eigenvalue weighted by molar-refractivity contribution is 7.98. The highest BCUT2D eigenvalue weighted by Crippen LogP contribution is 2.36. The van der Waals surface area contributed by atoms with Crippen molar-refractivity contribution in [3.8, 4) is 5.75 Å².